The molecule has 0 atom stereocenters. The summed E-state index contributed by atoms with van der Waals surface area (Å²) in [5.74, 6) is 0.0116. The summed E-state index contributed by atoms with van der Waals surface area (Å²) in [7, 11) is 0. The number of unbranched alkanes of at least 4 members (excludes halogenated alkanes) is 23. The molecule has 0 aromatic heterocycles. The highest BCUT2D eigenvalue weighted by Gasteiger charge is 2.02. The minimum Gasteiger partial charge on any atom is -0.466 e. The summed E-state index contributed by atoms with van der Waals surface area (Å²) in [5, 5.41) is 0. The second-order valence-corrected chi connectivity index (χ2v) is 11.5. The van der Waals surface area contributed by atoms with Crippen molar-refractivity contribution in [1.29, 1.82) is 0 Å². The Morgan fingerprint density at radius 2 is 0.737 bits per heavy atom. The van der Waals surface area contributed by atoms with Crippen LogP contribution in [0.15, 0.2) is 24.3 Å². The molecule has 224 valence electrons. The SMILES string of the molecule is CCCCCCC/C=C/CCCCCCCCC(=O)OCCCCCCCC/C=C\CCCCCCCC. The Morgan fingerprint density at radius 1 is 0.421 bits per heavy atom. The van der Waals surface area contributed by atoms with Gasteiger partial charge < -0.3 is 4.74 Å². The maximum atomic E-state index is 11.9. The zero-order valence-corrected chi connectivity index (χ0v) is 26.1. The van der Waals surface area contributed by atoms with Crippen LogP contribution in [0.4, 0.5) is 0 Å². The molecule has 38 heavy (non-hydrogen) atoms. The zero-order valence-electron chi connectivity index (χ0n) is 26.1. The van der Waals surface area contributed by atoms with E-state index in [2.05, 4.69) is 38.2 Å². The summed E-state index contributed by atoms with van der Waals surface area (Å²) in [6.45, 7) is 5.17. The quantitative estimate of drug-likeness (QED) is 0.0504. The van der Waals surface area contributed by atoms with Crippen LogP contribution in [-0.2, 0) is 9.53 Å². The molecule has 0 spiro atoms. The van der Waals surface area contributed by atoms with Crippen LogP contribution in [0.3, 0.4) is 0 Å². The molecule has 0 aliphatic heterocycles. The van der Waals surface area contributed by atoms with Crippen molar-refractivity contribution in [3.8, 4) is 0 Å². The van der Waals surface area contributed by atoms with Crippen LogP contribution in [-0.4, -0.2) is 12.6 Å². The Balaban J connectivity index is 3.22. The van der Waals surface area contributed by atoms with Crippen molar-refractivity contribution in [2.45, 2.75) is 194 Å². The van der Waals surface area contributed by atoms with E-state index in [0.717, 1.165) is 19.3 Å². The van der Waals surface area contributed by atoms with E-state index in [1.54, 1.807) is 0 Å². The van der Waals surface area contributed by atoms with E-state index < -0.39 is 0 Å². The standard InChI is InChI=1S/C36H68O2/c1-3-5-7-9-11-13-15-17-19-21-23-25-27-29-31-33-35-38-36(37)34-32-30-28-26-24-22-20-18-16-14-12-10-8-6-4-2/h16-19H,3-15,20-35H2,1-2H3/b18-16+,19-17-. The number of hydrogen-bond donors (Lipinski definition) is 0. The number of carbonyl (C=O) groups excluding carboxylic acids is 1. The fourth-order valence-corrected chi connectivity index (χ4v) is 4.95. The third kappa shape index (κ3) is 33.0. The molecule has 0 fully saturated rings. The predicted molar refractivity (Wildman–Crippen MR) is 170 cm³/mol. The lowest BCUT2D eigenvalue weighted by Gasteiger charge is -2.05. The molecule has 0 radical (unpaired) electrons. The Hall–Kier alpha value is -1.05. The van der Waals surface area contributed by atoms with E-state index in [1.807, 2.05) is 0 Å². The van der Waals surface area contributed by atoms with Gasteiger partial charge in [0.25, 0.3) is 0 Å². The van der Waals surface area contributed by atoms with Crippen LogP contribution in [0.25, 0.3) is 0 Å². The minimum atomic E-state index is 0.0116. The summed E-state index contributed by atoms with van der Waals surface area (Å²) >= 11 is 0. The molecular weight excluding hydrogens is 464 g/mol. The molecule has 0 aromatic carbocycles. The Kier molecular flexibility index (Phi) is 33.0. The van der Waals surface area contributed by atoms with Gasteiger partial charge in [-0.3, -0.25) is 4.79 Å². The molecule has 2 heteroatoms. The second kappa shape index (κ2) is 34.0. The van der Waals surface area contributed by atoms with Gasteiger partial charge >= 0.3 is 5.97 Å². The van der Waals surface area contributed by atoms with Crippen molar-refractivity contribution in [3.05, 3.63) is 24.3 Å². The Morgan fingerprint density at radius 3 is 1.13 bits per heavy atom. The highest BCUT2D eigenvalue weighted by molar-refractivity contribution is 5.69. The molecule has 0 heterocycles. The molecule has 0 amide bonds. The lowest BCUT2D eigenvalue weighted by molar-refractivity contribution is -0.143. The van der Waals surface area contributed by atoms with Crippen LogP contribution in [0, 0.1) is 0 Å². The molecule has 0 aliphatic carbocycles. The maximum Gasteiger partial charge on any atom is 0.305 e. The highest BCUT2D eigenvalue weighted by Crippen LogP contribution is 2.12. The number of rotatable bonds is 31. The summed E-state index contributed by atoms with van der Waals surface area (Å²) in [6.07, 6.45) is 45.2. The normalized spacial score (nSPS) is 11.7. The van der Waals surface area contributed by atoms with Crippen LogP contribution in [0.1, 0.15) is 194 Å². The smallest absolute Gasteiger partial charge is 0.305 e. The first-order valence-corrected chi connectivity index (χ1v) is 17.3. The van der Waals surface area contributed by atoms with Gasteiger partial charge in [0.1, 0.15) is 0 Å². The molecule has 0 bridgehead atoms. The first-order chi connectivity index (χ1) is 18.8. The number of esters is 1. The average molecular weight is 533 g/mol. The Labute approximate surface area is 239 Å². The summed E-state index contributed by atoms with van der Waals surface area (Å²) in [6, 6.07) is 0. The van der Waals surface area contributed by atoms with Gasteiger partial charge in [-0.1, -0.05) is 147 Å². The summed E-state index contributed by atoms with van der Waals surface area (Å²) in [5.41, 5.74) is 0. The Bertz CT molecular complexity index is 507. The van der Waals surface area contributed by atoms with Crippen molar-refractivity contribution < 1.29 is 9.53 Å². The lowest BCUT2D eigenvalue weighted by Crippen LogP contribution is -2.05. The van der Waals surface area contributed by atoms with Crippen molar-refractivity contribution in [2.24, 2.45) is 0 Å². The zero-order chi connectivity index (χ0) is 27.6. The molecular formula is C36H68O2. The van der Waals surface area contributed by atoms with Crippen LogP contribution in [0.2, 0.25) is 0 Å². The maximum absolute atomic E-state index is 11.9. The number of ether oxygens (including phenoxy) is 1. The first-order valence-electron chi connectivity index (χ1n) is 17.3. The van der Waals surface area contributed by atoms with E-state index in [-0.39, 0.29) is 5.97 Å². The molecule has 0 N–H and O–H groups in total. The van der Waals surface area contributed by atoms with Gasteiger partial charge in [-0.2, -0.15) is 0 Å². The number of allylic oxidation sites excluding steroid dienone is 4. The van der Waals surface area contributed by atoms with Gasteiger partial charge in [0.2, 0.25) is 0 Å². The first kappa shape index (κ1) is 37.0. The van der Waals surface area contributed by atoms with Crippen molar-refractivity contribution in [2.75, 3.05) is 6.61 Å². The number of hydrogen-bond acceptors (Lipinski definition) is 2. The van der Waals surface area contributed by atoms with Crippen LogP contribution in [0.5, 0.6) is 0 Å². The van der Waals surface area contributed by atoms with Crippen molar-refractivity contribution in [3.63, 3.8) is 0 Å². The topological polar surface area (TPSA) is 26.3 Å². The van der Waals surface area contributed by atoms with Crippen molar-refractivity contribution >= 4 is 5.97 Å². The van der Waals surface area contributed by atoms with Crippen molar-refractivity contribution in [1.82, 2.24) is 0 Å². The molecule has 0 saturated heterocycles. The summed E-state index contributed by atoms with van der Waals surface area (Å²) in [4.78, 5) is 11.9. The van der Waals surface area contributed by atoms with Gasteiger partial charge in [0.15, 0.2) is 0 Å². The molecule has 0 aromatic rings. The third-order valence-corrected chi connectivity index (χ3v) is 7.56. The second-order valence-electron chi connectivity index (χ2n) is 11.5. The summed E-state index contributed by atoms with van der Waals surface area (Å²) < 4.78 is 5.42. The molecule has 0 unspecified atom stereocenters. The highest BCUT2D eigenvalue weighted by atomic mass is 16.5. The van der Waals surface area contributed by atoms with E-state index in [1.165, 1.54) is 154 Å². The van der Waals surface area contributed by atoms with E-state index >= 15 is 0 Å². The van der Waals surface area contributed by atoms with Gasteiger partial charge in [-0.25, -0.2) is 0 Å². The van der Waals surface area contributed by atoms with E-state index in [9.17, 15) is 4.79 Å². The van der Waals surface area contributed by atoms with Gasteiger partial charge in [0.05, 0.1) is 6.61 Å². The van der Waals surface area contributed by atoms with Crippen LogP contribution >= 0.6 is 0 Å². The lowest BCUT2D eigenvalue weighted by atomic mass is 10.1. The van der Waals surface area contributed by atoms with Gasteiger partial charge in [-0.05, 0) is 64.2 Å². The predicted octanol–water partition coefficient (Wildman–Crippen LogP) is 12.6. The fourth-order valence-electron chi connectivity index (χ4n) is 4.95. The minimum absolute atomic E-state index is 0.0116. The third-order valence-electron chi connectivity index (χ3n) is 7.56. The van der Waals surface area contributed by atoms with E-state index in [4.69, 9.17) is 4.74 Å². The molecule has 0 saturated carbocycles. The molecule has 0 rings (SSSR count). The molecule has 2 nitrogen and oxygen atoms in total. The van der Waals surface area contributed by atoms with Gasteiger partial charge in [-0.15, -0.1) is 0 Å². The van der Waals surface area contributed by atoms with Gasteiger partial charge in [0, 0.05) is 6.42 Å². The fraction of sp³-hybridized carbons (Fsp3) is 0.861. The largest absolute Gasteiger partial charge is 0.466 e. The van der Waals surface area contributed by atoms with E-state index in [0.29, 0.717) is 13.0 Å². The number of carbonyl (C=O) groups is 1. The monoisotopic (exact) mass is 533 g/mol. The molecule has 0 aliphatic rings. The van der Waals surface area contributed by atoms with Crippen LogP contribution < -0.4 is 0 Å². The average Bonchev–Trinajstić information content (AvgIpc) is 2.92.